The van der Waals surface area contributed by atoms with E-state index in [4.69, 9.17) is 19.8 Å². The van der Waals surface area contributed by atoms with Gasteiger partial charge in [0.15, 0.2) is 0 Å². The van der Waals surface area contributed by atoms with Crippen molar-refractivity contribution in [1.29, 1.82) is 5.26 Å². The molecule has 2 atom stereocenters. The van der Waals surface area contributed by atoms with Crippen LogP contribution >= 0.6 is 0 Å². The summed E-state index contributed by atoms with van der Waals surface area (Å²) in [6.07, 6.45) is 2.99. The van der Waals surface area contributed by atoms with E-state index < -0.39 is 6.23 Å². The third-order valence-corrected chi connectivity index (χ3v) is 7.82. The van der Waals surface area contributed by atoms with E-state index >= 15 is 0 Å². The molecule has 1 N–H and O–H groups in total. The van der Waals surface area contributed by atoms with Gasteiger partial charge in [-0.1, -0.05) is 42.5 Å². The number of carbonyl (C=O) groups excluding carboxylic acids is 1. The minimum absolute atomic E-state index is 0.0878. The van der Waals surface area contributed by atoms with Gasteiger partial charge in [0.1, 0.15) is 11.5 Å². The topological polar surface area (TPSA) is 87.0 Å². The van der Waals surface area contributed by atoms with Crippen molar-refractivity contribution in [3.63, 3.8) is 0 Å². The molecule has 0 amide bonds. The zero-order chi connectivity index (χ0) is 28.9. The zero-order valence-electron chi connectivity index (χ0n) is 23.5. The Morgan fingerprint density at radius 2 is 1.76 bits per heavy atom. The number of Topliss-reactive ketones (excluding diaryl/α,β-unsaturated/α-hetero) is 1. The number of para-hydroxylation sites is 1. The Hall–Kier alpha value is -5.09. The van der Waals surface area contributed by atoms with Crippen LogP contribution in [0.3, 0.4) is 0 Å². The number of carbonyl (C=O) groups is 1. The largest absolute Gasteiger partial charge is 0.497 e. The molecule has 7 heteroatoms. The quantitative estimate of drug-likeness (QED) is 0.172. The molecule has 4 aromatic carbocycles. The molecule has 2 heterocycles. The van der Waals surface area contributed by atoms with Crippen molar-refractivity contribution in [3.8, 4) is 17.6 Å². The van der Waals surface area contributed by atoms with Crippen LogP contribution in [0.2, 0.25) is 0 Å². The standard InChI is InChI=1S/C35H32N4O3/c1-41-29-19-17-28(18-20-29)37-21-5-4-6-24-9-13-26(14-10-24)31-22-32-30-7-2-3-8-33(30)42-35(39(32)38-31)34(40)27-15-11-25(23-36)12-16-27/h2-3,7-20,32,35,37H,4-6,21-22H2,1H3. The average molecular weight is 557 g/mol. The number of methoxy groups -OCH3 is 1. The van der Waals surface area contributed by atoms with E-state index in [9.17, 15) is 4.79 Å². The van der Waals surface area contributed by atoms with Gasteiger partial charge in [-0.2, -0.15) is 10.4 Å². The molecule has 42 heavy (non-hydrogen) atoms. The first-order valence-corrected chi connectivity index (χ1v) is 14.3. The smallest absolute Gasteiger partial charge is 0.251 e. The number of ketones is 1. The lowest BCUT2D eigenvalue weighted by Crippen LogP contribution is -2.45. The Bertz CT molecular complexity index is 1620. The highest BCUT2D eigenvalue weighted by molar-refractivity contribution is 6.03. The summed E-state index contributed by atoms with van der Waals surface area (Å²) in [5, 5.41) is 19.3. The number of hydrazone groups is 1. The number of fused-ring (bicyclic) bond motifs is 3. The zero-order valence-corrected chi connectivity index (χ0v) is 23.5. The predicted octanol–water partition coefficient (Wildman–Crippen LogP) is 6.75. The maximum atomic E-state index is 13.6. The first-order chi connectivity index (χ1) is 20.6. The van der Waals surface area contributed by atoms with Crippen molar-refractivity contribution in [2.24, 2.45) is 5.10 Å². The highest BCUT2D eigenvalue weighted by Crippen LogP contribution is 2.43. The van der Waals surface area contributed by atoms with E-state index in [1.165, 1.54) is 5.56 Å². The van der Waals surface area contributed by atoms with Crippen molar-refractivity contribution in [3.05, 3.63) is 125 Å². The van der Waals surface area contributed by atoms with Crippen molar-refractivity contribution in [2.75, 3.05) is 19.0 Å². The summed E-state index contributed by atoms with van der Waals surface area (Å²) in [5.41, 5.74) is 6.41. The van der Waals surface area contributed by atoms with Crippen LogP contribution in [-0.4, -0.2) is 36.4 Å². The number of nitriles is 1. The molecule has 6 rings (SSSR count). The number of nitrogens with zero attached hydrogens (tertiary/aromatic N) is 3. The number of hydrogen-bond acceptors (Lipinski definition) is 7. The van der Waals surface area contributed by atoms with Gasteiger partial charge in [0.25, 0.3) is 6.23 Å². The highest BCUT2D eigenvalue weighted by atomic mass is 16.5. The molecule has 2 aliphatic heterocycles. The van der Waals surface area contributed by atoms with E-state index in [0.29, 0.717) is 23.3 Å². The van der Waals surface area contributed by atoms with Crippen LogP contribution in [-0.2, 0) is 6.42 Å². The average Bonchev–Trinajstić information content (AvgIpc) is 3.50. The fraction of sp³-hybridized carbons (Fsp3) is 0.229. The molecule has 0 aromatic heterocycles. The summed E-state index contributed by atoms with van der Waals surface area (Å²) in [4.78, 5) is 13.6. The lowest BCUT2D eigenvalue weighted by atomic mass is 9.95. The number of ether oxygens (including phenoxy) is 2. The van der Waals surface area contributed by atoms with Crippen molar-refractivity contribution in [2.45, 2.75) is 38.0 Å². The third-order valence-electron chi connectivity index (χ3n) is 7.82. The number of nitrogens with one attached hydrogen (secondary N) is 1. The molecule has 0 bridgehead atoms. The number of hydrogen-bond donors (Lipinski definition) is 1. The monoisotopic (exact) mass is 556 g/mol. The van der Waals surface area contributed by atoms with Gasteiger partial charge >= 0.3 is 0 Å². The summed E-state index contributed by atoms with van der Waals surface area (Å²) >= 11 is 0. The first-order valence-electron chi connectivity index (χ1n) is 14.3. The molecule has 0 fully saturated rings. The lowest BCUT2D eigenvalue weighted by Gasteiger charge is -2.37. The van der Waals surface area contributed by atoms with Crippen molar-refractivity contribution >= 4 is 17.2 Å². The number of rotatable bonds is 10. The van der Waals surface area contributed by atoms with E-state index in [1.54, 1.807) is 31.4 Å². The van der Waals surface area contributed by atoms with Gasteiger partial charge in [-0.25, -0.2) is 5.01 Å². The Kier molecular flexibility index (Phi) is 7.87. The SMILES string of the molecule is COc1ccc(NCCCCc2ccc(C3=NN4C(C(=O)c5ccc(C#N)cc5)Oc5ccccc5C4C3)cc2)cc1. The second-order valence-electron chi connectivity index (χ2n) is 10.5. The Labute approximate surface area is 246 Å². The van der Waals surface area contributed by atoms with Gasteiger partial charge in [0.05, 0.1) is 30.5 Å². The Morgan fingerprint density at radius 3 is 2.50 bits per heavy atom. The summed E-state index contributed by atoms with van der Waals surface area (Å²) in [6, 6.07) is 33.1. The molecule has 0 aliphatic carbocycles. The minimum Gasteiger partial charge on any atom is -0.497 e. The van der Waals surface area contributed by atoms with E-state index in [0.717, 1.165) is 54.1 Å². The maximum Gasteiger partial charge on any atom is 0.251 e. The molecule has 0 saturated carbocycles. The lowest BCUT2D eigenvalue weighted by molar-refractivity contribution is -0.00455. The highest BCUT2D eigenvalue weighted by Gasteiger charge is 2.43. The van der Waals surface area contributed by atoms with Gasteiger partial charge in [-0.05, 0) is 85.0 Å². The Morgan fingerprint density at radius 1 is 1.00 bits per heavy atom. The van der Waals surface area contributed by atoms with Crippen LogP contribution in [0, 0.1) is 11.3 Å². The van der Waals surface area contributed by atoms with E-state index in [2.05, 4.69) is 35.7 Å². The fourth-order valence-electron chi connectivity index (χ4n) is 5.49. The molecule has 0 spiro atoms. The van der Waals surface area contributed by atoms with Gasteiger partial charge in [0, 0.05) is 29.8 Å². The minimum atomic E-state index is -0.874. The van der Waals surface area contributed by atoms with Crippen LogP contribution < -0.4 is 14.8 Å². The third kappa shape index (κ3) is 5.70. The van der Waals surface area contributed by atoms with E-state index in [-0.39, 0.29) is 11.8 Å². The maximum absolute atomic E-state index is 13.6. The number of unbranched alkanes of at least 4 members (excludes halogenated alkanes) is 1. The summed E-state index contributed by atoms with van der Waals surface area (Å²) in [5.74, 6) is 1.39. The van der Waals surface area contributed by atoms with Crippen LogP contribution in [0.4, 0.5) is 5.69 Å². The second-order valence-corrected chi connectivity index (χ2v) is 10.5. The first kappa shape index (κ1) is 27.1. The molecule has 0 saturated heterocycles. The van der Waals surface area contributed by atoms with Gasteiger partial charge in [-0.3, -0.25) is 4.79 Å². The fourth-order valence-corrected chi connectivity index (χ4v) is 5.49. The van der Waals surface area contributed by atoms with Crippen LogP contribution in [0.5, 0.6) is 11.5 Å². The Balaban J connectivity index is 1.11. The molecule has 210 valence electrons. The normalized spacial score (nSPS) is 16.9. The van der Waals surface area contributed by atoms with Crippen LogP contribution in [0.1, 0.15) is 57.9 Å². The number of aryl methyl sites for hydroxylation is 1. The van der Waals surface area contributed by atoms with Crippen LogP contribution in [0.25, 0.3) is 0 Å². The van der Waals surface area contributed by atoms with Crippen molar-refractivity contribution < 1.29 is 14.3 Å². The predicted molar refractivity (Wildman–Crippen MR) is 163 cm³/mol. The second kappa shape index (κ2) is 12.2. The van der Waals surface area contributed by atoms with Gasteiger partial charge in [-0.15, -0.1) is 0 Å². The summed E-state index contributed by atoms with van der Waals surface area (Å²) < 4.78 is 11.4. The molecular formula is C35H32N4O3. The molecule has 2 aliphatic rings. The molecule has 4 aromatic rings. The van der Waals surface area contributed by atoms with E-state index in [1.807, 2.05) is 53.5 Å². The van der Waals surface area contributed by atoms with Crippen LogP contribution in [0.15, 0.2) is 102 Å². The van der Waals surface area contributed by atoms with Gasteiger partial charge < -0.3 is 14.8 Å². The molecule has 2 unspecified atom stereocenters. The van der Waals surface area contributed by atoms with Crippen molar-refractivity contribution in [1.82, 2.24) is 5.01 Å². The molecular weight excluding hydrogens is 524 g/mol. The molecule has 7 nitrogen and oxygen atoms in total. The number of benzene rings is 4. The number of anilines is 1. The molecule has 0 radical (unpaired) electrons. The van der Waals surface area contributed by atoms with Gasteiger partial charge in [0.2, 0.25) is 5.78 Å². The summed E-state index contributed by atoms with van der Waals surface area (Å²) in [7, 11) is 1.67. The summed E-state index contributed by atoms with van der Waals surface area (Å²) in [6.45, 7) is 0.921.